The second kappa shape index (κ2) is 18.1. The van der Waals surface area contributed by atoms with E-state index in [9.17, 15) is 29.4 Å². The molecule has 0 saturated heterocycles. The van der Waals surface area contributed by atoms with Gasteiger partial charge in [-0.1, -0.05) is 117 Å². The fourth-order valence-corrected chi connectivity index (χ4v) is 5.26. The van der Waals surface area contributed by atoms with Gasteiger partial charge in [0.05, 0.1) is 23.2 Å². The molecule has 4 aromatic carbocycles. The Kier molecular flexibility index (Phi) is 13.9. The number of Topliss-reactive ketones (excluding diaryl/α,β-unsaturated/α-hetero) is 2. The van der Waals surface area contributed by atoms with Gasteiger partial charge in [0.2, 0.25) is 0 Å². The Bertz CT molecular complexity index is 1550. The fraction of sp³-hybridized carbons (Fsp3) is 0.282. The molecule has 0 atom stereocenters. The van der Waals surface area contributed by atoms with Crippen LogP contribution >= 0.6 is 0 Å². The SMILES string of the molecule is CCCCCCc1c(C(=O)O)cc(N(CC)CC)c(O)c1C(=O)c1ccccc1.O=C(CC(=O)c1ccccc1)c1ccccc1. The lowest BCUT2D eigenvalue weighted by Crippen LogP contribution is -2.24. The van der Waals surface area contributed by atoms with E-state index in [0.29, 0.717) is 47.5 Å². The Hall–Kier alpha value is -5.04. The van der Waals surface area contributed by atoms with Crippen LogP contribution in [0.1, 0.15) is 105 Å². The minimum absolute atomic E-state index is 0.0754. The molecular formula is C39H43NO6. The highest BCUT2D eigenvalue weighted by Gasteiger charge is 2.27. The number of hydrogen-bond acceptors (Lipinski definition) is 6. The van der Waals surface area contributed by atoms with E-state index in [0.717, 1.165) is 25.7 Å². The molecule has 7 nitrogen and oxygen atoms in total. The molecule has 0 aliphatic carbocycles. The number of aromatic hydroxyl groups is 1. The number of phenolic OH excluding ortho intramolecular Hbond substituents is 1. The molecule has 0 aliphatic rings. The van der Waals surface area contributed by atoms with Crippen molar-refractivity contribution in [2.75, 3.05) is 18.0 Å². The Morgan fingerprint density at radius 3 is 1.57 bits per heavy atom. The summed E-state index contributed by atoms with van der Waals surface area (Å²) in [4.78, 5) is 50.9. The first-order valence-corrected chi connectivity index (χ1v) is 15.9. The maximum atomic E-state index is 13.3. The van der Waals surface area contributed by atoms with Gasteiger partial charge in [-0.15, -0.1) is 0 Å². The third kappa shape index (κ3) is 9.48. The zero-order valence-corrected chi connectivity index (χ0v) is 26.9. The van der Waals surface area contributed by atoms with Gasteiger partial charge < -0.3 is 15.1 Å². The van der Waals surface area contributed by atoms with E-state index in [1.165, 1.54) is 6.07 Å². The Morgan fingerprint density at radius 1 is 0.652 bits per heavy atom. The van der Waals surface area contributed by atoms with Crippen LogP contribution in [0.2, 0.25) is 0 Å². The largest absolute Gasteiger partial charge is 0.505 e. The molecule has 240 valence electrons. The highest BCUT2D eigenvalue weighted by Crippen LogP contribution is 2.38. The average Bonchev–Trinajstić information content (AvgIpc) is 3.09. The van der Waals surface area contributed by atoms with Crippen LogP contribution in [0.15, 0.2) is 97.1 Å². The van der Waals surface area contributed by atoms with Crippen molar-refractivity contribution in [3.63, 3.8) is 0 Å². The number of carbonyl (C=O) groups is 4. The van der Waals surface area contributed by atoms with Crippen molar-refractivity contribution < 1.29 is 29.4 Å². The first kappa shape index (κ1) is 35.4. The summed E-state index contributed by atoms with van der Waals surface area (Å²) in [6.45, 7) is 7.16. The van der Waals surface area contributed by atoms with Crippen molar-refractivity contribution in [2.24, 2.45) is 0 Å². The predicted molar refractivity (Wildman–Crippen MR) is 183 cm³/mol. The van der Waals surface area contributed by atoms with Gasteiger partial charge in [-0.25, -0.2) is 4.79 Å². The van der Waals surface area contributed by atoms with Gasteiger partial charge >= 0.3 is 5.97 Å². The average molecular weight is 622 g/mol. The van der Waals surface area contributed by atoms with Crippen molar-refractivity contribution in [3.8, 4) is 5.75 Å². The smallest absolute Gasteiger partial charge is 0.336 e. The summed E-state index contributed by atoms with van der Waals surface area (Å²) >= 11 is 0. The number of carboxylic acid groups (broad SMARTS) is 1. The maximum absolute atomic E-state index is 13.3. The molecule has 0 heterocycles. The Morgan fingerprint density at radius 2 is 1.13 bits per heavy atom. The summed E-state index contributed by atoms with van der Waals surface area (Å²) < 4.78 is 0. The van der Waals surface area contributed by atoms with Gasteiger partial charge in [0, 0.05) is 29.8 Å². The molecule has 0 aromatic heterocycles. The molecule has 46 heavy (non-hydrogen) atoms. The maximum Gasteiger partial charge on any atom is 0.336 e. The van der Waals surface area contributed by atoms with E-state index in [1.54, 1.807) is 72.8 Å². The first-order valence-electron chi connectivity index (χ1n) is 15.9. The molecule has 0 fully saturated rings. The van der Waals surface area contributed by atoms with E-state index in [2.05, 4.69) is 6.92 Å². The third-order valence-electron chi connectivity index (χ3n) is 7.78. The number of unbranched alkanes of at least 4 members (excludes halogenated alkanes) is 3. The van der Waals surface area contributed by atoms with E-state index in [-0.39, 0.29) is 40.6 Å². The number of benzene rings is 4. The van der Waals surface area contributed by atoms with E-state index in [4.69, 9.17) is 0 Å². The Balaban J connectivity index is 0.000000286. The number of carboxylic acids is 1. The van der Waals surface area contributed by atoms with E-state index in [1.807, 2.05) is 36.9 Å². The molecule has 0 bridgehead atoms. The van der Waals surface area contributed by atoms with Crippen molar-refractivity contribution >= 4 is 29.0 Å². The van der Waals surface area contributed by atoms with Crippen LogP contribution in [0.25, 0.3) is 0 Å². The van der Waals surface area contributed by atoms with Crippen LogP contribution in [0.5, 0.6) is 5.75 Å². The topological polar surface area (TPSA) is 112 Å². The zero-order chi connectivity index (χ0) is 33.5. The van der Waals surface area contributed by atoms with Gasteiger partial charge in [0.25, 0.3) is 0 Å². The van der Waals surface area contributed by atoms with Crippen LogP contribution in [-0.4, -0.2) is 46.6 Å². The van der Waals surface area contributed by atoms with Gasteiger partial charge in [-0.05, 0) is 38.3 Å². The number of hydrogen-bond donors (Lipinski definition) is 2. The molecule has 4 aromatic rings. The van der Waals surface area contributed by atoms with Gasteiger partial charge in [0.15, 0.2) is 17.3 Å². The number of carbonyl (C=O) groups excluding carboxylic acids is 3. The summed E-state index contributed by atoms with van der Waals surface area (Å²) in [5.74, 6) is -1.83. The molecule has 0 saturated carbocycles. The number of phenols is 1. The van der Waals surface area contributed by atoms with Crippen LogP contribution in [0.3, 0.4) is 0 Å². The second-order valence-electron chi connectivity index (χ2n) is 10.9. The Labute approximate surface area is 271 Å². The number of rotatable bonds is 15. The molecule has 0 unspecified atom stereocenters. The van der Waals surface area contributed by atoms with Crippen molar-refractivity contribution in [3.05, 3.63) is 130 Å². The summed E-state index contributed by atoms with van der Waals surface area (Å²) in [7, 11) is 0. The number of ketones is 3. The van der Waals surface area contributed by atoms with Crippen LogP contribution in [0.4, 0.5) is 5.69 Å². The van der Waals surface area contributed by atoms with Crippen molar-refractivity contribution in [1.29, 1.82) is 0 Å². The quantitative estimate of drug-likeness (QED) is 0.0778. The van der Waals surface area contributed by atoms with Crippen molar-refractivity contribution in [1.82, 2.24) is 0 Å². The highest BCUT2D eigenvalue weighted by molar-refractivity contribution is 6.14. The summed E-state index contributed by atoms with van der Waals surface area (Å²) in [6, 6.07) is 28.0. The second-order valence-corrected chi connectivity index (χ2v) is 10.9. The minimum atomic E-state index is -1.08. The molecule has 4 rings (SSSR count). The molecule has 7 heteroatoms. The molecule has 0 aliphatic heterocycles. The number of nitrogens with zero attached hydrogens (tertiary/aromatic N) is 1. The first-order chi connectivity index (χ1) is 22.2. The highest BCUT2D eigenvalue weighted by atomic mass is 16.4. The third-order valence-corrected chi connectivity index (χ3v) is 7.78. The monoisotopic (exact) mass is 621 g/mol. The van der Waals surface area contributed by atoms with Crippen LogP contribution in [-0.2, 0) is 6.42 Å². The molecule has 0 radical (unpaired) electrons. The lowest BCUT2D eigenvalue weighted by Gasteiger charge is -2.25. The standard InChI is InChI=1S/C24H31NO4.C15H12O2/c1-4-7-8-12-15-18-19(24(28)29)16-20(25(5-2)6-3)23(27)21(18)22(26)17-13-10-9-11-14-17;16-14(12-7-3-1-4-8-12)11-15(17)13-9-5-2-6-10-13/h9-11,13-14,16,27H,4-8,12,15H2,1-3H3,(H,28,29);1-10H,11H2. The lowest BCUT2D eigenvalue weighted by atomic mass is 9.89. The zero-order valence-electron chi connectivity index (χ0n) is 26.9. The fourth-order valence-electron chi connectivity index (χ4n) is 5.26. The minimum Gasteiger partial charge on any atom is -0.505 e. The number of aromatic carboxylic acids is 1. The van der Waals surface area contributed by atoms with Crippen molar-refractivity contribution in [2.45, 2.75) is 59.3 Å². The van der Waals surface area contributed by atoms with Crippen LogP contribution < -0.4 is 4.90 Å². The van der Waals surface area contributed by atoms with E-state index >= 15 is 0 Å². The number of anilines is 1. The molecule has 0 spiro atoms. The van der Waals surface area contributed by atoms with Gasteiger partial charge in [0.1, 0.15) is 5.75 Å². The predicted octanol–water partition coefficient (Wildman–Crippen LogP) is 8.43. The van der Waals surface area contributed by atoms with Gasteiger partial charge in [-0.2, -0.15) is 0 Å². The van der Waals surface area contributed by atoms with E-state index < -0.39 is 5.97 Å². The lowest BCUT2D eigenvalue weighted by molar-refractivity contribution is 0.0694. The summed E-state index contributed by atoms with van der Waals surface area (Å²) in [5.41, 5.74) is 2.63. The van der Waals surface area contributed by atoms with Crippen LogP contribution in [0, 0.1) is 0 Å². The summed E-state index contributed by atoms with van der Waals surface area (Å²) in [5, 5.41) is 21.0. The van der Waals surface area contributed by atoms with Gasteiger partial charge in [-0.3, -0.25) is 14.4 Å². The molecular weight excluding hydrogens is 578 g/mol. The molecule has 2 N–H and O–H groups in total. The summed E-state index contributed by atoms with van der Waals surface area (Å²) in [6.07, 6.45) is 4.21. The molecule has 0 amide bonds. The normalized spacial score (nSPS) is 10.4.